The van der Waals surface area contributed by atoms with E-state index < -0.39 is 24.8 Å². The number of sulfone groups is 1. The summed E-state index contributed by atoms with van der Waals surface area (Å²) in [6.45, 7) is 1.44. The van der Waals surface area contributed by atoms with Crippen molar-refractivity contribution in [2.75, 3.05) is 18.6 Å². The number of hydrogen-bond donors (Lipinski definition) is 1. The second-order valence-electron chi connectivity index (χ2n) is 3.89. The standard InChI is InChI=1S/C9H12ClNO5S3/c1-6-7(5-17-9(6)19(10,15)16)8(12)11-3-4-18(2,13)14/h5H,3-4H2,1-2H3,(H,11,12). The molecule has 1 amide bonds. The Bertz CT molecular complexity index is 689. The van der Waals surface area contributed by atoms with Crippen molar-refractivity contribution in [3.63, 3.8) is 0 Å². The van der Waals surface area contributed by atoms with Gasteiger partial charge in [-0.1, -0.05) is 0 Å². The SMILES string of the molecule is Cc1c(C(=O)NCCS(C)(=O)=O)csc1S(=O)(=O)Cl. The van der Waals surface area contributed by atoms with E-state index in [-0.39, 0.29) is 27.6 Å². The molecule has 0 fully saturated rings. The third-order valence-electron chi connectivity index (χ3n) is 2.22. The number of carbonyl (C=O) groups is 1. The average molecular weight is 346 g/mol. The molecule has 0 saturated carbocycles. The van der Waals surface area contributed by atoms with E-state index in [2.05, 4.69) is 5.32 Å². The number of rotatable bonds is 5. The monoisotopic (exact) mass is 345 g/mol. The molecule has 0 unspecified atom stereocenters. The molecule has 1 aromatic heterocycles. The molecule has 0 spiro atoms. The fraction of sp³-hybridized carbons (Fsp3) is 0.444. The molecule has 0 aliphatic carbocycles. The zero-order valence-corrected chi connectivity index (χ0v) is 13.3. The maximum Gasteiger partial charge on any atom is 0.271 e. The molecule has 108 valence electrons. The van der Waals surface area contributed by atoms with Crippen molar-refractivity contribution < 1.29 is 21.6 Å². The van der Waals surface area contributed by atoms with Crippen LogP contribution in [0.3, 0.4) is 0 Å². The molecule has 0 atom stereocenters. The van der Waals surface area contributed by atoms with Crippen LogP contribution in [0.15, 0.2) is 9.59 Å². The van der Waals surface area contributed by atoms with Gasteiger partial charge >= 0.3 is 0 Å². The molecule has 10 heteroatoms. The van der Waals surface area contributed by atoms with E-state index in [1.54, 1.807) is 0 Å². The summed E-state index contributed by atoms with van der Waals surface area (Å²) in [6.07, 6.45) is 1.06. The topological polar surface area (TPSA) is 97.4 Å². The van der Waals surface area contributed by atoms with Gasteiger partial charge in [-0.25, -0.2) is 16.8 Å². The fourth-order valence-electron chi connectivity index (χ4n) is 1.31. The predicted molar refractivity (Wildman–Crippen MR) is 74.1 cm³/mol. The lowest BCUT2D eigenvalue weighted by Gasteiger charge is -2.04. The first kappa shape index (κ1) is 16.4. The Hall–Kier alpha value is -0.640. The lowest BCUT2D eigenvalue weighted by Crippen LogP contribution is -2.28. The van der Waals surface area contributed by atoms with Gasteiger partial charge in [-0.05, 0) is 12.5 Å². The molecule has 1 heterocycles. The van der Waals surface area contributed by atoms with Crippen LogP contribution < -0.4 is 5.32 Å². The summed E-state index contributed by atoms with van der Waals surface area (Å²) in [5, 5.41) is 3.79. The first-order valence-corrected chi connectivity index (χ1v) is 10.3. The van der Waals surface area contributed by atoms with E-state index in [9.17, 15) is 21.6 Å². The quantitative estimate of drug-likeness (QED) is 0.794. The molecule has 1 N–H and O–H groups in total. The third kappa shape index (κ3) is 4.75. The largest absolute Gasteiger partial charge is 0.351 e. The zero-order valence-electron chi connectivity index (χ0n) is 10.1. The number of amides is 1. The highest BCUT2D eigenvalue weighted by atomic mass is 35.7. The van der Waals surface area contributed by atoms with Gasteiger partial charge in [0.25, 0.3) is 15.0 Å². The van der Waals surface area contributed by atoms with Crippen LogP contribution >= 0.6 is 22.0 Å². The summed E-state index contributed by atoms with van der Waals surface area (Å²) in [6, 6.07) is 0. The molecule has 1 rings (SSSR count). The van der Waals surface area contributed by atoms with E-state index >= 15 is 0 Å². The number of halogens is 1. The van der Waals surface area contributed by atoms with E-state index in [4.69, 9.17) is 10.7 Å². The van der Waals surface area contributed by atoms with E-state index in [0.717, 1.165) is 17.6 Å². The summed E-state index contributed by atoms with van der Waals surface area (Å²) in [7, 11) is -1.82. The second kappa shape index (κ2) is 5.78. The van der Waals surface area contributed by atoms with Gasteiger partial charge in [0.2, 0.25) is 0 Å². The highest BCUT2D eigenvalue weighted by molar-refractivity contribution is 8.15. The maximum absolute atomic E-state index is 11.8. The molecule has 19 heavy (non-hydrogen) atoms. The highest BCUT2D eigenvalue weighted by Crippen LogP contribution is 2.29. The summed E-state index contributed by atoms with van der Waals surface area (Å²) < 4.78 is 44.1. The third-order valence-corrected chi connectivity index (χ3v) is 6.47. The Balaban J connectivity index is 2.83. The second-order valence-corrected chi connectivity index (χ2v) is 9.79. The average Bonchev–Trinajstić information content (AvgIpc) is 2.57. The zero-order chi connectivity index (χ0) is 14.8. The van der Waals surface area contributed by atoms with Crippen molar-refractivity contribution in [3.8, 4) is 0 Å². The van der Waals surface area contributed by atoms with E-state index in [1.165, 1.54) is 12.3 Å². The number of nitrogens with one attached hydrogen (secondary N) is 1. The van der Waals surface area contributed by atoms with Gasteiger partial charge in [-0.2, -0.15) is 0 Å². The van der Waals surface area contributed by atoms with Crippen LogP contribution in [0.25, 0.3) is 0 Å². The fourth-order valence-corrected chi connectivity index (χ4v) is 4.33. The first-order chi connectivity index (χ1) is 8.52. The van der Waals surface area contributed by atoms with Gasteiger partial charge in [0.05, 0.1) is 11.3 Å². The van der Waals surface area contributed by atoms with Crippen LogP contribution in [-0.4, -0.2) is 41.3 Å². The van der Waals surface area contributed by atoms with Crippen molar-refractivity contribution in [3.05, 3.63) is 16.5 Å². The Morgan fingerprint density at radius 1 is 1.37 bits per heavy atom. The number of hydrogen-bond acceptors (Lipinski definition) is 6. The molecule has 0 radical (unpaired) electrons. The number of thiophene rings is 1. The first-order valence-electron chi connectivity index (χ1n) is 5.01. The molecular formula is C9H12ClNO5S3. The summed E-state index contributed by atoms with van der Waals surface area (Å²) in [4.78, 5) is 11.8. The highest BCUT2D eigenvalue weighted by Gasteiger charge is 2.21. The Labute approximate surface area is 120 Å². The molecular weight excluding hydrogens is 334 g/mol. The molecule has 6 nitrogen and oxygen atoms in total. The van der Waals surface area contributed by atoms with Gasteiger partial charge in [-0.15, -0.1) is 11.3 Å². The maximum atomic E-state index is 11.8. The summed E-state index contributed by atoms with van der Waals surface area (Å²) in [5.74, 6) is -0.702. The lowest BCUT2D eigenvalue weighted by atomic mass is 10.2. The lowest BCUT2D eigenvalue weighted by molar-refractivity contribution is 0.0956. The number of carbonyl (C=O) groups excluding carboxylic acids is 1. The molecule has 0 aliphatic rings. The van der Waals surface area contributed by atoms with Crippen LogP contribution in [0.2, 0.25) is 0 Å². The Kier molecular flexibility index (Phi) is 4.99. The van der Waals surface area contributed by atoms with Crippen LogP contribution in [0.5, 0.6) is 0 Å². The van der Waals surface area contributed by atoms with Crippen LogP contribution in [0.1, 0.15) is 15.9 Å². The van der Waals surface area contributed by atoms with Crippen LogP contribution in [0.4, 0.5) is 0 Å². The molecule has 0 bridgehead atoms. The minimum Gasteiger partial charge on any atom is -0.351 e. The Morgan fingerprint density at radius 3 is 2.37 bits per heavy atom. The van der Waals surface area contributed by atoms with Crippen molar-refractivity contribution in [2.45, 2.75) is 11.1 Å². The molecule has 1 aromatic rings. The minimum absolute atomic E-state index is 0.0318. The van der Waals surface area contributed by atoms with Crippen molar-refractivity contribution in [1.29, 1.82) is 0 Å². The normalized spacial score (nSPS) is 12.4. The van der Waals surface area contributed by atoms with Gasteiger partial charge < -0.3 is 5.32 Å². The van der Waals surface area contributed by atoms with E-state index in [0.29, 0.717) is 0 Å². The van der Waals surface area contributed by atoms with Gasteiger partial charge in [-0.3, -0.25) is 4.79 Å². The Morgan fingerprint density at radius 2 is 1.95 bits per heavy atom. The molecule has 0 aliphatic heterocycles. The van der Waals surface area contributed by atoms with Crippen LogP contribution in [-0.2, 0) is 18.9 Å². The summed E-state index contributed by atoms with van der Waals surface area (Å²) in [5.41, 5.74) is 0.439. The predicted octanol–water partition coefficient (Wildman–Crippen LogP) is 0.758. The summed E-state index contributed by atoms with van der Waals surface area (Å²) >= 11 is 0.851. The molecule has 0 saturated heterocycles. The van der Waals surface area contributed by atoms with Crippen molar-refractivity contribution in [2.24, 2.45) is 0 Å². The van der Waals surface area contributed by atoms with Crippen molar-refractivity contribution >= 4 is 46.8 Å². The molecule has 0 aromatic carbocycles. The van der Waals surface area contributed by atoms with Gasteiger partial charge in [0, 0.05) is 28.9 Å². The van der Waals surface area contributed by atoms with Gasteiger partial charge in [0.15, 0.2) is 0 Å². The van der Waals surface area contributed by atoms with E-state index in [1.807, 2.05) is 0 Å². The smallest absolute Gasteiger partial charge is 0.271 e. The van der Waals surface area contributed by atoms with Crippen molar-refractivity contribution in [1.82, 2.24) is 5.32 Å². The van der Waals surface area contributed by atoms with Crippen LogP contribution in [0, 0.1) is 6.92 Å². The van der Waals surface area contributed by atoms with Gasteiger partial charge in [0.1, 0.15) is 14.0 Å². The minimum atomic E-state index is -3.88.